The third-order valence-electron chi connectivity index (χ3n) is 6.28. The molecule has 1 saturated heterocycles. The number of nitrogens with one attached hydrogen (secondary N) is 2. The van der Waals surface area contributed by atoms with Gasteiger partial charge in [0, 0.05) is 25.2 Å². The molecule has 1 atom stereocenters. The SMILES string of the molecule is Cc1ccc(N2C[C@@H](C(=O)Nc3ccccc3C(=O)NCc3ccc4c(c3)OCO4)CC2=O)cc1F. The number of nitrogens with zero attached hydrogens (tertiary/aromatic N) is 1. The molecule has 3 aromatic carbocycles. The van der Waals surface area contributed by atoms with Gasteiger partial charge in [0.05, 0.1) is 17.2 Å². The monoisotopic (exact) mass is 489 g/mol. The van der Waals surface area contributed by atoms with Crippen LogP contribution in [0.3, 0.4) is 0 Å². The molecule has 184 valence electrons. The summed E-state index contributed by atoms with van der Waals surface area (Å²) >= 11 is 0. The van der Waals surface area contributed by atoms with Crippen LogP contribution in [0.15, 0.2) is 60.7 Å². The molecular weight excluding hydrogens is 465 g/mol. The Bertz CT molecular complexity index is 1360. The van der Waals surface area contributed by atoms with Gasteiger partial charge < -0.3 is 25.0 Å². The number of carbonyl (C=O) groups excluding carboxylic acids is 3. The minimum Gasteiger partial charge on any atom is -0.454 e. The molecule has 0 unspecified atom stereocenters. The molecule has 5 rings (SSSR count). The summed E-state index contributed by atoms with van der Waals surface area (Å²) in [6, 6.07) is 16.7. The van der Waals surface area contributed by atoms with Gasteiger partial charge >= 0.3 is 0 Å². The predicted molar refractivity (Wildman–Crippen MR) is 130 cm³/mol. The summed E-state index contributed by atoms with van der Waals surface area (Å²) in [4.78, 5) is 39.9. The first-order valence-electron chi connectivity index (χ1n) is 11.5. The Morgan fingerprint density at radius 3 is 2.69 bits per heavy atom. The summed E-state index contributed by atoms with van der Waals surface area (Å²) in [5.74, 6) is -0.747. The summed E-state index contributed by atoms with van der Waals surface area (Å²) in [5, 5.41) is 5.64. The Morgan fingerprint density at radius 1 is 1.06 bits per heavy atom. The van der Waals surface area contributed by atoms with Crippen LogP contribution in [0.25, 0.3) is 0 Å². The number of para-hydroxylation sites is 1. The van der Waals surface area contributed by atoms with Crippen molar-refractivity contribution >= 4 is 29.1 Å². The largest absolute Gasteiger partial charge is 0.454 e. The zero-order chi connectivity index (χ0) is 25.2. The lowest BCUT2D eigenvalue weighted by atomic mass is 10.1. The van der Waals surface area contributed by atoms with E-state index in [0.29, 0.717) is 34.0 Å². The lowest BCUT2D eigenvalue weighted by Crippen LogP contribution is -2.29. The van der Waals surface area contributed by atoms with Gasteiger partial charge in [-0.15, -0.1) is 0 Å². The number of rotatable bonds is 6. The molecule has 8 nitrogen and oxygen atoms in total. The minimum absolute atomic E-state index is 0.000192. The van der Waals surface area contributed by atoms with Crippen LogP contribution in [0, 0.1) is 18.7 Å². The van der Waals surface area contributed by atoms with Crippen molar-refractivity contribution in [1.29, 1.82) is 0 Å². The number of ether oxygens (including phenoxy) is 2. The second-order valence-electron chi connectivity index (χ2n) is 8.74. The molecule has 3 aromatic rings. The standard InChI is InChI=1S/C27H24FN3O5/c1-16-6-8-19(12-21(16)28)31-14-18(11-25(31)32)26(33)30-22-5-3-2-4-20(22)27(34)29-13-17-7-9-23-24(10-17)36-15-35-23/h2-10,12,18H,11,13-15H2,1H3,(H,29,34)(H,30,33)/t18-/m0/s1. The van der Waals surface area contributed by atoms with Crippen molar-refractivity contribution in [2.24, 2.45) is 5.92 Å². The number of hydrogen-bond acceptors (Lipinski definition) is 5. The number of anilines is 2. The lowest BCUT2D eigenvalue weighted by Gasteiger charge is -2.18. The van der Waals surface area contributed by atoms with E-state index in [0.717, 1.165) is 5.56 Å². The van der Waals surface area contributed by atoms with Gasteiger partial charge in [-0.1, -0.05) is 24.3 Å². The first-order chi connectivity index (χ1) is 17.4. The molecule has 1 fully saturated rings. The van der Waals surface area contributed by atoms with E-state index in [4.69, 9.17) is 9.47 Å². The quantitative estimate of drug-likeness (QED) is 0.549. The average molecular weight is 490 g/mol. The summed E-state index contributed by atoms with van der Waals surface area (Å²) in [6.07, 6.45) is -0.000192. The second kappa shape index (κ2) is 9.69. The molecule has 2 N–H and O–H groups in total. The van der Waals surface area contributed by atoms with Crippen LogP contribution in [-0.2, 0) is 16.1 Å². The second-order valence-corrected chi connectivity index (χ2v) is 8.74. The maximum Gasteiger partial charge on any atom is 0.253 e. The molecule has 9 heteroatoms. The van der Waals surface area contributed by atoms with Crippen LogP contribution in [-0.4, -0.2) is 31.1 Å². The smallest absolute Gasteiger partial charge is 0.253 e. The molecule has 0 bridgehead atoms. The van der Waals surface area contributed by atoms with Gasteiger partial charge in [-0.2, -0.15) is 0 Å². The highest BCUT2D eigenvalue weighted by Crippen LogP contribution is 2.32. The van der Waals surface area contributed by atoms with Crippen LogP contribution in [0.5, 0.6) is 11.5 Å². The summed E-state index contributed by atoms with van der Waals surface area (Å²) < 4.78 is 24.7. The van der Waals surface area contributed by atoms with E-state index in [2.05, 4.69) is 10.6 Å². The van der Waals surface area contributed by atoms with Crippen molar-refractivity contribution in [2.75, 3.05) is 23.6 Å². The summed E-state index contributed by atoms with van der Waals surface area (Å²) in [6.45, 7) is 2.21. The van der Waals surface area contributed by atoms with Crippen molar-refractivity contribution in [3.8, 4) is 11.5 Å². The van der Waals surface area contributed by atoms with Crippen LogP contribution < -0.4 is 25.0 Å². The fourth-order valence-electron chi connectivity index (χ4n) is 4.24. The van der Waals surface area contributed by atoms with E-state index in [1.165, 1.54) is 11.0 Å². The third-order valence-corrected chi connectivity index (χ3v) is 6.28. The Labute approximate surface area is 207 Å². The first kappa shape index (κ1) is 23.3. The van der Waals surface area contributed by atoms with E-state index in [9.17, 15) is 18.8 Å². The molecule has 0 radical (unpaired) electrons. The number of aryl methyl sites for hydroxylation is 1. The summed E-state index contributed by atoms with van der Waals surface area (Å²) in [5.41, 5.74) is 2.38. The molecule has 0 aromatic heterocycles. The normalized spacial score (nSPS) is 16.2. The molecule has 2 aliphatic rings. The molecule has 2 heterocycles. The third kappa shape index (κ3) is 4.72. The minimum atomic E-state index is -0.633. The van der Waals surface area contributed by atoms with E-state index in [-0.39, 0.29) is 44.0 Å². The molecule has 0 spiro atoms. The number of carbonyl (C=O) groups is 3. The van der Waals surface area contributed by atoms with Gasteiger partial charge in [0.1, 0.15) is 5.82 Å². The number of benzene rings is 3. The maximum absolute atomic E-state index is 14.0. The van der Waals surface area contributed by atoms with Gasteiger partial charge in [0.25, 0.3) is 5.91 Å². The Balaban J connectivity index is 1.24. The number of amides is 3. The Kier molecular flexibility index (Phi) is 6.28. The van der Waals surface area contributed by atoms with Crippen molar-refractivity contribution in [2.45, 2.75) is 19.9 Å². The van der Waals surface area contributed by atoms with Gasteiger partial charge in [0.15, 0.2) is 11.5 Å². The van der Waals surface area contributed by atoms with Crippen molar-refractivity contribution in [1.82, 2.24) is 5.32 Å². The van der Waals surface area contributed by atoms with Crippen LogP contribution in [0.1, 0.15) is 27.9 Å². The fraction of sp³-hybridized carbons (Fsp3) is 0.222. The van der Waals surface area contributed by atoms with E-state index in [1.807, 2.05) is 6.07 Å². The Hall–Kier alpha value is -4.40. The van der Waals surface area contributed by atoms with Gasteiger partial charge in [-0.25, -0.2) is 4.39 Å². The van der Waals surface area contributed by atoms with E-state index >= 15 is 0 Å². The fourth-order valence-corrected chi connectivity index (χ4v) is 4.24. The topological polar surface area (TPSA) is 97.0 Å². The molecule has 0 saturated carbocycles. The highest BCUT2D eigenvalue weighted by molar-refractivity contribution is 6.07. The first-order valence-corrected chi connectivity index (χ1v) is 11.5. The summed E-state index contributed by atoms with van der Waals surface area (Å²) in [7, 11) is 0. The van der Waals surface area contributed by atoms with Crippen molar-refractivity contribution < 1.29 is 28.2 Å². The predicted octanol–water partition coefficient (Wildman–Crippen LogP) is 3.78. The molecule has 36 heavy (non-hydrogen) atoms. The maximum atomic E-state index is 14.0. The zero-order valence-corrected chi connectivity index (χ0v) is 19.5. The Morgan fingerprint density at radius 2 is 1.86 bits per heavy atom. The van der Waals surface area contributed by atoms with Crippen LogP contribution in [0.2, 0.25) is 0 Å². The molecule has 2 aliphatic heterocycles. The molecule has 0 aliphatic carbocycles. The highest BCUT2D eigenvalue weighted by Gasteiger charge is 2.35. The van der Waals surface area contributed by atoms with E-state index in [1.54, 1.807) is 55.5 Å². The van der Waals surface area contributed by atoms with Crippen molar-refractivity contribution in [3.63, 3.8) is 0 Å². The van der Waals surface area contributed by atoms with Crippen molar-refractivity contribution in [3.05, 3.63) is 83.2 Å². The molecular formula is C27H24FN3O5. The average Bonchev–Trinajstić information content (AvgIpc) is 3.50. The van der Waals surface area contributed by atoms with Crippen LogP contribution >= 0.6 is 0 Å². The van der Waals surface area contributed by atoms with Gasteiger partial charge in [-0.05, 0) is 54.4 Å². The van der Waals surface area contributed by atoms with E-state index < -0.39 is 11.7 Å². The van der Waals surface area contributed by atoms with Crippen LogP contribution in [0.4, 0.5) is 15.8 Å². The van der Waals surface area contributed by atoms with Gasteiger partial charge in [0.2, 0.25) is 18.6 Å². The molecule has 3 amide bonds. The number of fused-ring (bicyclic) bond motifs is 1. The number of halogens is 1. The lowest BCUT2D eigenvalue weighted by molar-refractivity contribution is -0.122. The highest BCUT2D eigenvalue weighted by atomic mass is 19.1. The number of hydrogen-bond donors (Lipinski definition) is 2. The van der Waals surface area contributed by atoms with Gasteiger partial charge in [-0.3, -0.25) is 14.4 Å². The zero-order valence-electron chi connectivity index (χ0n) is 19.5.